The highest BCUT2D eigenvalue weighted by Gasteiger charge is 2.24. The first kappa shape index (κ1) is 19.1. The second kappa shape index (κ2) is 9.95. The van der Waals surface area contributed by atoms with E-state index in [-0.39, 0.29) is 24.0 Å². The van der Waals surface area contributed by atoms with Gasteiger partial charge in [-0.3, -0.25) is 0 Å². The van der Waals surface area contributed by atoms with Gasteiger partial charge in [0.25, 0.3) is 0 Å². The number of halogens is 2. The van der Waals surface area contributed by atoms with Crippen molar-refractivity contribution in [3.63, 3.8) is 0 Å². The molecule has 1 heterocycles. The second-order valence-corrected chi connectivity index (χ2v) is 5.78. The summed E-state index contributed by atoms with van der Waals surface area (Å²) >= 11 is 3.62. The van der Waals surface area contributed by atoms with Crippen molar-refractivity contribution in [2.45, 2.75) is 19.4 Å². The minimum atomic E-state index is 0. The van der Waals surface area contributed by atoms with Crippen molar-refractivity contribution in [3.05, 3.63) is 28.7 Å². The summed E-state index contributed by atoms with van der Waals surface area (Å²) in [5, 5.41) is 6.68. The molecular formula is C16H22BrIN4. The van der Waals surface area contributed by atoms with E-state index in [9.17, 15) is 0 Å². The first-order chi connectivity index (χ1) is 10.2. The average Bonchev–Trinajstić information content (AvgIpc) is 2.94. The molecule has 0 radical (unpaired) electrons. The Kier molecular flexibility index (Phi) is 8.64. The fourth-order valence-electron chi connectivity index (χ4n) is 2.44. The number of guanidine groups is 1. The zero-order valence-corrected chi connectivity index (χ0v) is 16.6. The Balaban J connectivity index is 0.00000242. The number of anilines is 1. The van der Waals surface area contributed by atoms with Crippen LogP contribution in [0.15, 0.2) is 33.7 Å². The quantitative estimate of drug-likeness (QED) is 0.304. The number of hydrogen-bond acceptors (Lipinski definition) is 2. The smallest absolute Gasteiger partial charge is 0.192 e. The molecule has 2 rings (SSSR count). The highest BCUT2D eigenvalue weighted by Crippen LogP contribution is 2.28. The maximum absolute atomic E-state index is 5.27. The van der Waals surface area contributed by atoms with Gasteiger partial charge in [0.15, 0.2) is 5.96 Å². The Morgan fingerprint density at radius 2 is 2.27 bits per heavy atom. The molecule has 2 N–H and O–H groups in total. The Morgan fingerprint density at radius 1 is 1.50 bits per heavy atom. The van der Waals surface area contributed by atoms with E-state index in [1.807, 2.05) is 6.07 Å². The van der Waals surface area contributed by atoms with E-state index >= 15 is 0 Å². The lowest BCUT2D eigenvalue weighted by Crippen LogP contribution is -2.44. The van der Waals surface area contributed by atoms with Gasteiger partial charge in [-0.2, -0.15) is 0 Å². The van der Waals surface area contributed by atoms with Gasteiger partial charge in [-0.25, -0.2) is 4.99 Å². The summed E-state index contributed by atoms with van der Waals surface area (Å²) < 4.78 is 1.14. The number of rotatable bonds is 4. The highest BCUT2D eigenvalue weighted by atomic mass is 127. The van der Waals surface area contributed by atoms with Crippen molar-refractivity contribution >= 4 is 51.6 Å². The summed E-state index contributed by atoms with van der Waals surface area (Å²) in [6, 6.07) is 8.71. The van der Waals surface area contributed by atoms with Crippen LogP contribution in [0.25, 0.3) is 0 Å². The molecule has 4 nitrogen and oxygen atoms in total. The number of nitrogens with zero attached hydrogens (tertiary/aromatic N) is 2. The molecule has 120 valence electrons. The second-order valence-electron chi connectivity index (χ2n) is 4.93. The summed E-state index contributed by atoms with van der Waals surface area (Å²) in [5.74, 6) is 3.34. The van der Waals surface area contributed by atoms with Crippen LogP contribution >= 0.6 is 39.9 Å². The van der Waals surface area contributed by atoms with Gasteiger partial charge in [-0.05, 0) is 41.4 Å². The van der Waals surface area contributed by atoms with Crippen molar-refractivity contribution in [2.24, 2.45) is 4.99 Å². The van der Waals surface area contributed by atoms with Gasteiger partial charge in [-0.15, -0.1) is 30.4 Å². The highest BCUT2D eigenvalue weighted by molar-refractivity contribution is 14.0. The molecule has 0 bridgehead atoms. The Bertz CT molecular complexity index is 541. The maximum Gasteiger partial charge on any atom is 0.192 e. The minimum Gasteiger partial charge on any atom is -0.368 e. The Morgan fingerprint density at radius 3 is 2.95 bits per heavy atom. The van der Waals surface area contributed by atoms with Crippen LogP contribution in [0.5, 0.6) is 0 Å². The lowest BCUT2D eigenvalue weighted by atomic mass is 10.3. The van der Waals surface area contributed by atoms with Crippen LogP contribution in [0.1, 0.15) is 13.3 Å². The van der Waals surface area contributed by atoms with Gasteiger partial charge >= 0.3 is 0 Å². The van der Waals surface area contributed by atoms with Gasteiger partial charge in [0, 0.05) is 30.1 Å². The van der Waals surface area contributed by atoms with Crippen molar-refractivity contribution in [1.29, 1.82) is 0 Å². The van der Waals surface area contributed by atoms with Crippen LogP contribution < -0.4 is 15.5 Å². The third-order valence-corrected chi connectivity index (χ3v) is 4.07. The van der Waals surface area contributed by atoms with Gasteiger partial charge in [0.05, 0.1) is 5.69 Å². The summed E-state index contributed by atoms with van der Waals surface area (Å²) in [5.41, 5.74) is 1.24. The molecule has 1 aliphatic heterocycles. The van der Waals surface area contributed by atoms with Crippen molar-refractivity contribution in [1.82, 2.24) is 10.6 Å². The predicted molar refractivity (Wildman–Crippen MR) is 108 cm³/mol. The average molecular weight is 477 g/mol. The molecule has 0 saturated carbocycles. The number of hydrogen-bond donors (Lipinski definition) is 2. The number of benzene rings is 1. The van der Waals surface area contributed by atoms with Gasteiger partial charge < -0.3 is 15.5 Å². The van der Waals surface area contributed by atoms with E-state index in [2.05, 4.69) is 67.5 Å². The van der Waals surface area contributed by atoms with Crippen LogP contribution in [0.2, 0.25) is 0 Å². The third kappa shape index (κ3) is 5.36. The summed E-state index contributed by atoms with van der Waals surface area (Å²) in [4.78, 5) is 6.72. The molecule has 1 unspecified atom stereocenters. The molecule has 1 saturated heterocycles. The van der Waals surface area contributed by atoms with Crippen molar-refractivity contribution in [3.8, 4) is 12.3 Å². The fourth-order valence-corrected chi connectivity index (χ4v) is 2.98. The van der Waals surface area contributed by atoms with Gasteiger partial charge in [0.1, 0.15) is 6.54 Å². The largest absolute Gasteiger partial charge is 0.368 e. The van der Waals surface area contributed by atoms with Crippen LogP contribution in [0.3, 0.4) is 0 Å². The number of para-hydroxylation sites is 1. The van der Waals surface area contributed by atoms with Crippen molar-refractivity contribution in [2.75, 3.05) is 31.1 Å². The molecular weight excluding hydrogens is 455 g/mol. The van der Waals surface area contributed by atoms with E-state index in [0.717, 1.165) is 36.5 Å². The van der Waals surface area contributed by atoms with E-state index in [1.165, 1.54) is 5.69 Å². The SMILES string of the molecule is C#CCN=C(NCC)NC1CCN(c2ccccc2Br)C1.I. The predicted octanol–water partition coefficient (Wildman–Crippen LogP) is 2.83. The molecule has 22 heavy (non-hydrogen) atoms. The first-order valence-electron chi connectivity index (χ1n) is 7.22. The topological polar surface area (TPSA) is 39.7 Å². The molecule has 1 aliphatic rings. The lowest BCUT2D eigenvalue weighted by molar-refractivity contribution is 0.651. The van der Waals surface area contributed by atoms with E-state index in [4.69, 9.17) is 6.42 Å². The standard InChI is InChI=1S/C16H21BrN4.HI/c1-3-10-19-16(18-4-2)20-13-9-11-21(12-13)15-8-6-5-7-14(15)17;/h1,5-8,13H,4,9-12H2,2H3,(H2,18,19,20);1H. The number of aliphatic imine (C=N–C) groups is 1. The monoisotopic (exact) mass is 476 g/mol. The lowest BCUT2D eigenvalue weighted by Gasteiger charge is -2.21. The van der Waals surface area contributed by atoms with E-state index < -0.39 is 0 Å². The van der Waals surface area contributed by atoms with E-state index in [1.54, 1.807) is 0 Å². The number of nitrogens with one attached hydrogen (secondary N) is 2. The third-order valence-electron chi connectivity index (χ3n) is 3.39. The molecule has 1 aromatic carbocycles. The molecule has 1 aromatic rings. The number of terminal acetylenes is 1. The van der Waals surface area contributed by atoms with Crippen LogP contribution in [0, 0.1) is 12.3 Å². The maximum atomic E-state index is 5.27. The van der Waals surface area contributed by atoms with Crippen molar-refractivity contribution < 1.29 is 0 Å². The fraction of sp³-hybridized carbons (Fsp3) is 0.438. The molecule has 0 aromatic heterocycles. The molecule has 1 atom stereocenters. The Labute approximate surface area is 158 Å². The summed E-state index contributed by atoms with van der Waals surface area (Å²) in [6.07, 6.45) is 6.35. The molecule has 0 spiro atoms. The normalized spacial score (nSPS) is 17.6. The van der Waals surface area contributed by atoms with Crippen LogP contribution in [0.4, 0.5) is 5.69 Å². The zero-order chi connectivity index (χ0) is 15.1. The van der Waals surface area contributed by atoms with Crippen LogP contribution in [-0.4, -0.2) is 38.2 Å². The molecule has 0 aliphatic carbocycles. The minimum absolute atomic E-state index is 0. The molecule has 0 amide bonds. The zero-order valence-electron chi connectivity index (χ0n) is 12.7. The first-order valence-corrected chi connectivity index (χ1v) is 8.01. The molecule has 6 heteroatoms. The Hall–Kier alpha value is -0.940. The van der Waals surface area contributed by atoms with Gasteiger partial charge in [0.2, 0.25) is 0 Å². The van der Waals surface area contributed by atoms with E-state index in [0.29, 0.717) is 12.6 Å². The molecule has 1 fully saturated rings. The van der Waals surface area contributed by atoms with Crippen LogP contribution in [-0.2, 0) is 0 Å². The van der Waals surface area contributed by atoms with Gasteiger partial charge in [-0.1, -0.05) is 18.1 Å². The summed E-state index contributed by atoms with van der Waals surface area (Å²) in [7, 11) is 0. The summed E-state index contributed by atoms with van der Waals surface area (Å²) in [6.45, 7) is 5.28.